The third kappa shape index (κ3) is 5.30. The second-order valence-corrected chi connectivity index (χ2v) is 6.84. The predicted octanol–water partition coefficient (Wildman–Crippen LogP) is 4.34. The molecule has 0 spiro atoms. The van der Waals surface area contributed by atoms with E-state index in [1.807, 2.05) is 59.0 Å². The number of halogens is 1. The molecule has 0 atom stereocenters. The Bertz CT molecular complexity index is 959. The first kappa shape index (κ1) is 18.9. The second-order valence-electron chi connectivity index (χ2n) is 5.68. The van der Waals surface area contributed by atoms with Gasteiger partial charge in [0.05, 0.1) is 15.3 Å². The van der Waals surface area contributed by atoms with Crippen molar-refractivity contribution in [3.63, 3.8) is 0 Å². The van der Waals surface area contributed by atoms with Gasteiger partial charge in [0.15, 0.2) is 0 Å². The summed E-state index contributed by atoms with van der Waals surface area (Å²) in [6.45, 7) is 0.375. The monoisotopic (exact) mass is 472 g/mol. The van der Waals surface area contributed by atoms with E-state index in [4.69, 9.17) is 4.74 Å². The molecule has 0 unspecified atom stereocenters. The van der Waals surface area contributed by atoms with Crippen LogP contribution in [0.2, 0.25) is 0 Å². The van der Waals surface area contributed by atoms with Crippen LogP contribution < -0.4 is 10.2 Å². The van der Waals surface area contributed by atoms with Gasteiger partial charge in [0.25, 0.3) is 5.91 Å². The normalized spacial score (nSPS) is 10.7. The number of amides is 1. The van der Waals surface area contributed by atoms with Crippen molar-refractivity contribution in [3.8, 4) is 11.5 Å². The zero-order valence-electron chi connectivity index (χ0n) is 14.3. The fraction of sp³-hybridized carbons (Fsp3) is 0.0476. The maximum Gasteiger partial charge on any atom is 0.275 e. The minimum atomic E-state index is -0.358. The van der Waals surface area contributed by atoms with Crippen LogP contribution in [0.15, 0.2) is 77.9 Å². The number of nitrogens with zero attached hydrogens (tertiary/aromatic N) is 1. The number of hydrogen-bond acceptors (Lipinski definition) is 4. The molecule has 2 N–H and O–H groups in total. The smallest absolute Gasteiger partial charge is 0.275 e. The lowest BCUT2D eigenvalue weighted by atomic mass is 10.2. The highest BCUT2D eigenvalue weighted by Crippen LogP contribution is 2.20. The first-order valence-electron chi connectivity index (χ1n) is 8.21. The lowest BCUT2D eigenvalue weighted by Crippen LogP contribution is -2.18. The topological polar surface area (TPSA) is 70.9 Å². The van der Waals surface area contributed by atoms with E-state index < -0.39 is 0 Å². The van der Waals surface area contributed by atoms with Gasteiger partial charge in [-0.15, -0.1) is 0 Å². The number of phenolic OH excluding ortho intramolecular Hbond substituents is 1. The van der Waals surface area contributed by atoms with E-state index in [0.717, 1.165) is 11.1 Å². The molecule has 0 saturated carbocycles. The molecule has 0 aliphatic carbocycles. The summed E-state index contributed by atoms with van der Waals surface area (Å²) in [5.41, 5.74) is 4.70. The van der Waals surface area contributed by atoms with Crippen LogP contribution in [-0.4, -0.2) is 17.2 Å². The van der Waals surface area contributed by atoms with E-state index in [2.05, 4.69) is 10.5 Å². The number of nitrogens with one attached hydrogen (secondary N) is 1. The maximum absolute atomic E-state index is 12.4. The lowest BCUT2D eigenvalue weighted by Gasteiger charge is -2.10. The molecule has 0 bridgehead atoms. The third-order valence-electron chi connectivity index (χ3n) is 3.72. The van der Waals surface area contributed by atoms with E-state index in [0.29, 0.717) is 21.5 Å². The fourth-order valence-corrected chi connectivity index (χ4v) is 2.88. The van der Waals surface area contributed by atoms with E-state index >= 15 is 0 Å². The van der Waals surface area contributed by atoms with Gasteiger partial charge in [-0.3, -0.25) is 4.79 Å². The molecule has 27 heavy (non-hydrogen) atoms. The summed E-state index contributed by atoms with van der Waals surface area (Å²) in [7, 11) is 0. The zero-order chi connectivity index (χ0) is 19.1. The van der Waals surface area contributed by atoms with Gasteiger partial charge in [-0.1, -0.05) is 42.5 Å². The maximum atomic E-state index is 12.4. The number of benzene rings is 3. The second kappa shape index (κ2) is 9.18. The molecule has 3 rings (SSSR count). The van der Waals surface area contributed by atoms with Crippen LogP contribution in [0.1, 0.15) is 21.5 Å². The van der Waals surface area contributed by atoms with Gasteiger partial charge in [-0.25, -0.2) is 5.43 Å². The highest BCUT2D eigenvalue weighted by Gasteiger charge is 2.11. The molecule has 0 aromatic heterocycles. The van der Waals surface area contributed by atoms with Gasteiger partial charge in [0.2, 0.25) is 0 Å². The Balaban J connectivity index is 1.65. The van der Waals surface area contributed by atoms with Gasteiger partial charge in [-0.05, 0) is 64.0 Å². The Labute approximate surface area is 170 Å². The van der Waals surface area contributed by atoms with E-state index in [-0.39, 0.29) is 11.7 Å². The molecule has 3 aromatic rings. The summed E-state index contributed by atoms with van der Waals surface area (Å²) >= 11 is 2.03. The van der Waals surface area contributed by atoms with Crippen LogP contribution >= 0.6 is 22.6 Å². The minimum absolute atomic E-state index is 0.210. The highest BCUT2D eigenvalue weighted by molar-refractivity contribution is 14.1. The number of hydrogen-bond donors (Lipinski definition) is 2. The van der Waals surface area contributed by atoms with Crippen molar-refractivity contribution >= 4 is 34.7 Å². The van der Waals surface area contributed by atoms with Crippen molar-refractivity contribution in [1.82, 2.24) is 5.43 Å². The van der Waals surface area contributed by atoms with Crippen LogP contribution in [-0.2, 0) is 6.61 Å². The third-order valence-corrected chi connectivity index (χ3v) is 4.58. The van der Waals surface area contributed by atoms with Gasteiger partial charge in [-0.2, -0.15) is 5.10 Å². The largest absolute Gasteiger partial charge is 0.507 e. The molecule has 3 aromatic carbocycles. The molecule has 5 nitrogen and oxygen atoms in total. The molecule has 0 saturated heterocycles. The summed E-state index contributed by atoms with van der Waals surface area (Å²) in [6.07, 6.45) is 1.52. The van der Waals surface area contributed by atoms with Crippen LogP contribution in [0.25, 0.3) is 0 Å². The number of ether oxygens (including phenoxy) is 1. The van der Waals surface area contributed by atoms with Gasteiger partial charge in [0, 0.05) is 0 Å². The van der Waals surface area contributed by atoms with Crippen LogP contribution in [0.4, 0.5) is 0 Å². The summed E-state index contributed by atoms with van der Waals surface area (Å²) in [5.74, 6) is 0.345. The number of carbonyl (C=O) groups is 1. The van der Waals surface area contributed by atoms with Gasteiger partial charge in [0.1, 0.15) is 18.1 Å². The van der Waals surface area contributed by atoms with E-state index in [9.17, 15) is 9.90 Å². The summed E-state index contributed by atoms with van der Waals surface area (Å²) in [6, 6.07) is 21.8. The molecule has 1 amide bonds. The Morgan fingerprint density at radius 3 is 2.59 bits per heavy atom. The van der Waals surface area contributed by atoms with Crippen molar-refractivity contribution in [2.45, 2.75) is 6.61 Å². The molecule has 0 aliphatic heterocycles. The Morgan fingerprint density at radius 2 is 1.81 bits per heavy atom. The molecule has 0 heterocycles. The van der Waals surface area contributed by atoms with Crippen molar-refractivity contribution in [1.29, 1.82) is 0 Å². The number of phenols is 1. The zero-order valence-corrected chi connectivity index (χ0v) is 16.5. The molecular weight excluding hydrogens is 455 g/mol. The number of hydrazone groups is 1. The first-order valence-corrected chi connectivity index (χ1v) is 9.29. The lowest BCUT2D eigenvalue weighted by molar-refractivity contribution is 0.0950. The predicted molar refractivity (Wildman–Crippen MR) is 113 cm³/mol. The summed E-state index contributed by atoms with van der Waals surface area (Å²) in [4.78, 5) is 12.4. The van der Waals surface area contributed by atoms with Crippen LogP contribution in [0.3, 0.4) is 0 Å². The van der Waals surface area contributed by atoms with Crippen molar-refractivity contribution < 1.29 is 14.6 Å². The molecular formula is C21H17IN2O3. The number of rotatable bonds is 6. The average Bonchev–Trinajstić information content (AvgIpc) is 2.70. The van der Waals surface area contributed by atoms with Crippen LogP contribution in [0, 0.1) is 3.57 Å². The number of aromatic hydroxyl groups is 1. The Hall–Kier alpha value is -2.87. The molecule has 136 valence electrons. The van der Waals surface area contributed by atoms with Gasteiger partial charge >= 0.3 is 0 Å². The van der Waals surface area contributed by atoms with E-state index in [1.54, 1.807) is 36.4 Å². The minimum Gasteiger partial charge on any atom is -0.507 e. The van der Waals surface area contributed by atoms with E-state index in [1.165, 1.54) is 6.21 Å². The van der Waals surface area contributed by atoms with Crippen LogP contribution in [0.5, 0.6) is 11.5 Å². The SMILES string of the molecule is O=C(N/N=C/c1ccc(O)c(I)c1)c1ccccc1OCc1ccccc1. The van der Waals surface area contributed by atoms with Gasteiger partial charge < -0.3 is 9.84 Å². The number of para-hydroxylation sites is 1. The standard InChI is InChI=1S/C21H17IN2O3/c22-18-12-16(10-11-19(18)25)13-23-24-21(26)17-8-4-5-9-20(17)27-14-15-6-2-1-3-7-15/h1-13,25H,14H2,(H,24,26)/b23-13+. The Kier molecular flexibility index (Phi) is 6.43. The quantitative estimate of drug-likeness (QED) is 0.319. The molecule has 6 heteroatoms. The first-order chi connectivity index (χ1) is 13.1. The fourth-order valence-electron chi connectivity index (χ4n) is 2.34. The summed E-state index contributed by atoms with van der Waals surface area (Å²) in [5, 5.41) is 13.5. The van der Waals surface area contributed by atoms with Crippen molar-refractivity contribution in [2.24, 2.45) is 5.10 Å². The highest BCUT2D eigenvalue weighted by atomic mass is 127. The molecule has 0 aliphatic rings. The average molecular weight is 472 g/mol. The molecule has 0 fully saturated rings. The van der Waals surface area contributed by atoms with Crippen molar-refractivity contribution in [3.05, 3.63) is 93.1 Å². The molecule has 0 radical (unpaired) electrons. The van der Waals surface area contributed by atoms with Crippen molar-refractivity contribution in [2.75, 3.05) is 0 Å². The number of carbonyl (C=O) groups excluding carboxylic acids is 1. The Morgan fingerprint density at radius 1 is 1.07 bits per heavy atom. The summed E-state index contributed by atoms with van der Waals surface area (Å²) < 4.78 is 6.51.